The fourth-order valence-electron chi connectivity index (χ4n) is 4.22. The van der Waals surface area contributed by atoms with Gasteiger partial charge in [0.25, 0.3) is 6.47 Å². The Labute approximate surface area is 191 Å². The van der Waals surface area contributed by atoms with E-state index in [-0.39, 0.29) is 56.3 Å². The second-order valence-electron chi connectivity index (χ2n) is 8.35. The van der Waals surface area contributed by atoms with Crippen LogP contribution in [-0.2, 0) is 32.1 Å². The van der Waals surface area contributed by atoms with Gasteiger partial charge in [-0.05, 0) is 37.8 Å². The zero-order chi connectivity index (χ0) is 23.8. The highest BCUT2D eigenvalue weighted by atomic mass is 19.1. The third-order valence-corrected chi connectivity index (χ3v) is 6.05. The van der Waals surface area contributed by atoms with Crippen molar-refractivity contribution < 1.29 is 28.6 Å². The molecular weight excluding hydrogens is 431 g/mol. The second kappa shape index (κ2) is 11.0. The maximum absolute atomic E-state index is 14.3. The zero-order valence-electron chi connectivity index (χ0n) is 18.6. The fraction of sp³-hybridized carbons (Fsp3) is 0.478. The van der Waals surface area contributed by atoms with E-state index in [0.717, 1.165) is 25.3 Å². The highest BCUT2D eigenvalue weighted by molar-refractivity contribution is 5.88. The number of likely N-dealkylation sites (tertiary alicyclic amines) is 1. The lowest BCUT2D eigenvalue weighted by atomic mass is 9.73. The van der Waals surface area contributed by atoms with Crippen LogP contribution >= 0.6 is 0 Å². The molecule has 3 heterocycles. The van der Waals surface area contributed by atoms with Crippen LogP contribution in [0.5, 0.6) is 0 Å². The number of hydrogen-bond acceptors (Lipinski definition) is 5. The minimum Gasteiger partial charge on any atom is -0.483 e. The van der Waals surface area contributed by atoms with Gasteiger partial charge in [-0.3, -0.25) is 14.4 Å². The molecule has 9 nitrogen and oxygen atoms in total. The van der Waals surface area contributed by atoms with Crippen LogP contribution < -0.4 is 5.32 Å². The molecule has 0 radical (unpaired) electrons. The molecule has 2 amide bonds. The van der Waals surface area contributed by atoms with E-state index in [1.807, 2.05) is 6.92 Å². The van der Waals surface area contributed by atoms with E-state index in [9.17, 15) is 14.0 Å². The second-order valence-corrected chi connectivity index (χ2v) is 8.35. The van der Waals surface area contributed by atoms with Crippen molar-refractivity contribution in [2.45, 2.75) is 38.8 Å². The minimum atomic E-state index is -0.833. The van der Waals surface area contributed by atoms with E-state index in [0.29, 0.717) is 12.1 Å². The molecule has 33 heavy (non-hydrogen) atoms. The molecule has 0 saturated carbocycles. The lowest BCUT2D eigenvalue weighted by molar-refractivity contribution is -0.154. The number of rotatable bonds is 7. The summed E-state index contributed by atoms with van der Waals surface area (Å²) in [4.78, 5) is 40.0. The van der Waals surface area contributed by atoms with Crippen LogP contribution in [0.25, 0.3) is 0 Å². The number of carbonyl (C=O) groups is 3. The molecule has 1 aromatic carbocycles. The normalized spacial score (nSPS) is 18.6. The first kappa shape index (κ1) is 24.4. The van der Waals surface area contributed by atoms with Crippen molar-refractivity contribution >= 4 is 18.3 Å². The van der Waals surface area contributed by atoms with Crippen molar-refractivity contribution in [3.8, 4) is 0 Å². The quantitative estimate of drug-likeness (QED) is 0.604. The number of imidazole rings is 1. The molecule has 1 atom stereocenters. The van der Waals surface area contributed by atoms with Gasteiger partial charge < -0.3 is 24.6 Å². The van der Waals surface area contributed by atoms with E-state index in [4.69, 9.17) is 14.6 Å². The number of halogens is 1. The molecule has 1 aromatic heterocycles. The lowest BCUT2D eigenvalue weighted by Crippen LogP contribution is -2.66. The molecular formula is C23H29FN4O5. The molecule has 4 rings (SSSR count). The summed E-state index contributed by atoms with van der Waals surface area (Å²) in [6.07, 6.45) is 5.62. The van der Waals surface area contributed by atoms with Gasteiger partial charge in [-0.25, -0.2) is 9.37 Å². The number of hydrogen-bond donors (Lipinski definition) is 2. The van der Waals surface area contributed by atoms with Gasteiger partial charge in [-0.15, -0.1) is 0 Å². The molecule has 2 N–H and O–H groups in total. The average Bonchev–Trinajstić information content (AvgIpc) is 3.42. The number of aryl methyl sites for hydroxylation is 1. The van der Waals surface area contributed by atoms with Gasteiger partial charge in [0.1, 0.15) is 18.2 Å². The summed E-state index contributed by atoms with van der Waals surface area (Å²) in [5, 5.41) is 9.87. The maximum atomic E-state index is 14.3. The van der Waals surface area contributed by atoms with Gasteiger partial charge in [0.2, 0.25) is 11.8 Å². The first-order valence-corrected chi connectivity index (χ1v) is 10.8. The maximum Gasteiger partial charge on any atom is 0.290 e. The fourth-order valence-corrected chi connectivity index (χ4v) is 4.22. The van der Waals surface area contributed by atoms with Gasteiger partial charge in [-0.2, -0.15) is 0 Å². The summed E-state index contributed by atoms with van der Waals surface area (Å²) in [5.74, 6) is 0.203. The molecule has 178 valence electrons. The van der Waals surface area contributed by atoms with E-state index < -0.39 is 5.41 Å². The Morgan fingerprint density at radius 1 is 1.36 bits per heavy atom. The summed E-state index contributed by atoms with van der Waals surface area (Å²) in [7, 11) is 0. The predicted octanol–water partition coefficient (Wildman–Crippen LogP) is 1.40. The lowest BCUT2D eigenvalue weighted by Gasteiger charge is -2.49. The third-order valence-electron chi connectivity index (χ3n) is 6.05. The summed E-state index contributed by atoms with van der Waals surface area (Å²) < 4.78 is 21.6. The zero-order valence-corrected chi connectivity index (χ0v) is 18.6. The predicted molar refractivity (Wildman–Crippen MR) is 117 cm³/mol. The SMILES string of the molecule is Cc1nccn1CC(=O)N1CC(Cc2ccccc2F)(C(=O)NCC2CCCO2)C1.O=CO. The van der Waals surface area contributed by atoms with Gasteiger partial charge in [0, 0.05) is 38.6 Å². The van der Waals surface area contributed by atoms with E-state index in [1.54, 1.807) is 40.1 Å². The molecule has 2 aliphatic heterocycles. The molecule has 0 bridgehead atoms. The van der Waals surface area contributed by atoms with Crippen LogP contribution in [0.4, 0.5) is 4.39 Å². The Morgan fingerprint density at radius 2 is 2.09 bits per heavy atom. The molecule has 2 aromatic rings. The van der Waals surface area contributed by atoms with Crippen LogP contribution in [0.2, 0.25) is 0 Å². The molecule has 10 heteroatoms. The number of benzene rings is 1. The Morgan fingerprint density at radius 3 is 2.70 bits per heavy atom. The topological polar surface area (TPSA) is 114 Å². The Kier molecular flexibility index (Phi) is 8.16. The first-order valence-electron chi connectivity index (χ1n) is 10.8. The van der Waals surface area contributed by atoms with Crippen molar-refractivity contribution in [1.82, 2.24) is 19.8 Å². The van der Waals surface area contributed by atoms with Gasteiger partial charge >= 0.3 is 0 Å². The van der Waals surface area contributed by atoms with Crippen LogP contribution in [0.1, 0.15) is 24.2 Å². The molecule has 0 spiro atoms. The standard InChI is InChI=1S/C22H27FN4O3.CH2O2/c1-16-24-8-9-26(16)13-20(28)27-14-22(15-27,11-17-5-2-3-7-19(17)23)21(29)25-12-18-6-4-10-30-18;2-1-3/h2-3,5,7-9,18H,4,6,10-15H2,1H3,(H,25,29);1H,(H,2,3). The van der Waals surface area contributed by atoms with E-state index >= 15 is 0 Å². The van der Waals surface area contributed by atoms with Crippen LogP contribution in [0.3, 0.4) is 0 Å². The van der Waals surface area contributed by atoms with Crippen LogP contribution in [-0.4, -0.2) is 70.2 Å². The van der Waals surface area contributed by atoms with Crippen molar-refractivity contribution in [2.75, 3.05) is 26.2 Å². The molecule has 2 aliphatic rings. The highest BCUT2D eigenvalue weighted by Gasteiger charge is 2.51. The summed E-state index contributed by atoms with van der Waals surface area (Å²) >= 11 is 0. The third kappa shape index (κ3) is 5.95. The van der Waals surface area contributed by atoms with Crippen molar-refractivity contribution in [3.05, 3.63) is 53.9 Å². The van der Waals surface area contributed by atoms with Crippen molar-refractivity contribution in [2.24, 2.45) is 5.41 Å². The number of aromatic nitrogens is 2. The smallest absolute Gasteiger partial charge is 0.290 e. The van der Waals surface area contributed by atoms with Crippen LogP contribution in [0, 0.1) is 18.2 Å². The van der Waals surface area contributed by atoms with Gasteiger partial charge in [0.05, 0.1) is 11.5 Å². The van der Waals surface area contributed by atoms with Gasteiger partial charge in [0.15, 0.2) is 0 Å². The molecule has 2 fully saturated rings. The Bertz CT molecular complexity index is 967. The first-order chi connectivity index (χ1) is 15.9. The summed E-state index contributed by atoms with van der Waals surface area (Å²) in [6.45, 7) is 3.47. The average molecular weight is 461 g/mol. The number of carbonyl (C=O) groups excluding carboxylic acids is 2. The van der Waals surface area contributed by atoms with Crippen molar-refractivity contribution in [1.29, 1.82) is 0 Å². The summed E-state index contributed by atoms with van der Waals surface area (Å²) in [6, 6.07) is 6.49. The monoisotopic (exact) mass is 460 g/mol. The number of amides is 2. The molecule has 1 unspecified atom stereocenters. The number of carboxylic acid groups (broad SMARTS) is 1. The van der Waals surface area contributed by atoms with Gasteiger partial charge in [-0.1, -0.05) is 18.2 Å². The Hall–Kier alpha value is -3.27. The number of ether oxygens (including phenoxy) is 1. The number of nitrogens with one attached hydrogen (secondary N) is 1. The van der Waals surface area contributed by atoms with E-state index in [1.165, 1.54) is 6.07 Å². The highest BCUT2D eigenvalue weighted by Crippen LogP contribution is 2.35. The van der Waals surface area contributed by atoms with Crippen molar-refractivity contribution in [3.63, 3.8) is 0 Å². The number of nitrogens with zero attached hydrogens (tertiary/aromatic N) is 3. The van der Waals surface area contributed by atoms with E-state index in [2.05, 4.69) is 10.3 Å². The Balaban J connectivity index is 0.000000968. The summed E-state index contributed by atoms with van der Waals surface area (Å²) in [5.41, 5.74) is -0.345. The van der Waals surface area contributed by atoms with Crippen LogP contribution in [0.15, 0.2) is 36.7 Å². The minimum absolute atomic E-state index is 0.0292. The largest absolute Gasteiger partial charge is 0.483 e. The molecule has 2 saturated heterocycles. The molecule has 0 aliphatic carbocycles.